The summed E-state index contributed by atoms with van der Waals surface area (Å²) in [6, 6.07) is 13.6. The topological polar surface area (TPSA) is 44.8 Å². The Morgan fingerprint density at radius 3 is 2.49 bits per heavy atom. The molecule has 4 nitrogen and oxygen atoms in total. The third-order valence-corrected chi connectivity index (χ3v) is 7.36. The number of para-hydroxylation sites is 1. The van der Waals surface area contributed by atoms with Crippen LogP contribution in [0.3, 0.4) is 0 Å². The molecule has 2 aromatic rings. The molecular formula is C30H36O4S. The highest BCUT2D eigenvalue weighted by molar-refractivity contribution is 7.79. The van der Waals surface area contributed by atoms with Crippen LogP contribution in [0.15, 0.2) is 48.2 Å². The van der Waals surface area contributed by atoms with E-state index in [9.17, 15) is 4.79 Å². The summed E-state index contributed by atoms with van der Waals surface area (Å²) in [6.07, 6.45) is 6.33. The zero-order valence-electron chi connectivity index (χ0n) is 21.3. The maximum Gasteiger partial charge on any atom is 0.363 e. The van der Waals surface area contributed by atoms with Crippen molar-refractivity contribution in [3.8, 4) is 5.75 Å². The smallest absolute Gasteiger partial charge is 0.363 e. The van der Waals surface area contributed by atoms with Gasteiger partial charge in [0.2, 0.25) is 0 Å². The molecule has 0 radical (unpaired) electrons. The van der Waals surface area contributed by atoms with Gasteiger partial charge in [0.15, 0.2) is 5.78 Å². The first kappa shape index (κ1) is 25.6. The molecule has 0 N–H and O–H groups in total. The number of carbonyl (C=O) groups is 1. The lowest BCUT2D eigenvalue weighted by atomic mass is 9.71. The van der Waals surface area contributed by atoms with Gasteiger partial charge in [-0.2, -0.15) is 0 Å². The van der Waals surface area contributed by atoms with Crippen molar-refractivity contribution in [2.75, 3.05) is 6.61 Å². The van der Waals surface area contributed by atoms with Crippen molar-refractivity contribution in [2.45, 2.75) is 78.7 Å². The summed E-state index contributed by atoms with van der Waals surface area (Å²) >= 11 is 5.55. The molecule has 5 heteroatoms. The average molecular weight is 493 g/mol. The van der Waals surface area contributed by atoms with Crippen molar-refractivity contribution in [3.63, 3.8) is 0 Å². The zero-order valence-corrected chi connectivity index (χ0v) is 22.1. The van der Waals surface area contributed by atoms with E-state index in [4.69, 9.17) is 26.4 Å². The van der Waals surface area contributed by atoms with Crippen LogP contribution in [0.4, 0.5) is 0 Å². The van der Waals surface area contributed by atoms with E-state index in [-0.39, 0.29) is 17.1 Å². The van der Waals surface area contributed by atoms with Gasteiger partial charge >= 0.3 is 5.24 Å². The third kappa shape index (κ3) is 5.68. The molecule has 0 aliphatic heterocycles. The van der Waals surface area contributed by atoms with E-state index in [1.807, 2.05) is 30.3 Å². The summed E-state index contributed by atoms with van der Waals surface area (Å²) in [5.41, 5.74) is 4.53. The molecule has 0 bridgehead atoms. The maximum absolute atomic E-state index is 13.7. The van der Waals surface area contributed by atoms with Crippen LogP contribution >= 0.6 is 12.2 Å². The largest absolute Gasteiger partial charge is 0.421 e. The molecule has 1 fully saturated rings. The second kappa shape index (κ2) is 11.0. The van der Waals surface area contributed by atoms with Gasteiger partial charge in [0.25, 0.3) is 0 Å². The molecule has 0 unspecified atom stereocenters. The van der Waals surface area contributed by atoms with Crippen molar-refractivity contribution in [1.29, 1.82) is 0 Å². The quantitative estimate of drug-likeness (QED) is 0.297. The first-order valence-electron chi connectivity index (χ1n) is 12.8. The Morgan fingerprint density at radius 1 is 1.09 bits per heavy atom. The van der Waals surface area contributed by atoms with Crippen molar-refractivity contribution < 1.29 is 19.0 Å². The van der Waals surface area contributed by atoms with Crippen LogP contribution in [0.2, 0.25) is 0 Å². The molecular weight excluding hydrogens is 456 g/mol. The Morgan fingerprint density at radius 2 is 1.80 bits per heavy atom. The minimum absolute atomic E-state index is 0.0224. The van der Waals surface area contributed by atoms with Gasteiger partial charge in [0.05, 0.1) is 11.7 Å². The van der Waals surface area contributed by atoms with Crippen LogP contribution in [0.1, 0.15) is 74.1 Å². The predicted octanol–water partition coefficient (Wildman–Crippen LogP) is 7.42. The molecule has 186 valence electrons. The molecule has 1 spiro atoms. The van der Waals surface area contributed by atoms with Crippen molar-refractivity contribution in [2.24, 2.45) is 5.41 Å². The Bertz CT molecular complexity index is 1100. The molecule has 0 saturated heterocycles. The van der Waals surface area contributed by atoms with Gasteiger partial charge in [-0.25, -0.2) is 0 Å². The highest BCUT2D eigenvalue weighted by Gasteiger charge is 2.51. The predicted molar refractivity (Wildman–Crippen MR) is 143 cm³/mol. The van der Waals surface area contributed by atoms with Crippen LogP contribution in [0, 0.1) is 26.2 Å². The standard InChI is InChI=1S/C30H36O4S/c1-5-6-15-32-24-13-10-14-30(18-24)19-25(31)27(26-21(3)16-20(2)17-22(26)4)28(30)34-29(35)33-23-11-8-7-9-12-23/h7-9,11-12,16-17,24H,5-6,10,13-15,18-19H2,1-4H3/t24-,30+/m0/s1. The lowest BCUT2D eigenvalue weighted by Crippen LogP contribution is -2.35. The fourth-order valence-corrected chi connectivity index (χ4v) is 5.93. The van der Waals surface area contributed by atoms with Gasteiger partial charge in [-0.15, -0.1) is 0 Å². The Hall–Kier alpha value is -2.50. The van der Waals surface area contributed by atoms with Gasteiger partial charge in [0.1, 0.15) is 11.5 Å². The van der Waals surface area contributed by atoms with Crippen LogP contribution in [-0.2, 0) is 14.3 Å². The van der Waals surface area contributed by atoms with E-state index in [1.54, 1.807) is 0 Å². The SMILES string of the molecule is CCCCO[C@H]1CCC[C@]2(CC(=O)C(c3c(C)cc(C)cc3C)=C2OC(=S)Oc2ccccc2)C1. The normalized spacial score (nSPS) is 22.1. The fraction of sp³-hybridized carbons (Fsp3) is 0.467. The molecule has 0 aromatic heterocycles. The number of unbranched alkanes of at least 4 members (excludes halogenated alkanes) is 1. The lowest BCUT2D eigenvalue weighted by molar-refractivity contribution is -0.115. The van der Waals surface area contributed by atoms with E-state index in [0.29, 0.717) is 23.5 Å². The third-order valence-electron chi connectivity index (χ3n) is 7.19. The first-order valence-corrected chi connectivity index (χ1v) is 13.2. The number of rotatable bonds is 7. The second-order valence-corrected chi connectivity index (χ2v) is 10.4. The maximum atomic E-state index is 13.7. The van der Waals surface area contributed by atoms with E-state index in [1.165, 1.54) is 5.56 Å². The number of aryl methyl sites for hydroxylation is 3. The van der Waals surface area contributed by atoms with Crippen molar-refractivity contribution in [1.82, 2.24) is 0 Å². The summed E-state index contributed by atoms with van der Waals surface area (Å²) in [5.74, 6) is 1.40. The number of hydrogen-bond donors (Lipinski definition) is 0. The summed E-state index contributed by atoms with van der Waals surface area (Å²) in [6.45, 7) is 9.13. The molecule has 2 aliphatic rings. The fourth-order valence-electron chi connectivity index (χ4n) is 5.75. The van der Waals surface area contributed by atoms with E-state index < -0.39 is 5.41 Å². The zero-order chi connectivity index (χ0) is 25.0. The Balaban J connectivity index is 1.74. The minimum Gasteiger partial charge on any atom is -0.421 e. The van der Waals surface area contributed by atoms with Crippen LogP contribution < -0.4 is 4.74 Å². The number of thiocarbonyl (C=S) groups is 1. The Kier molecular flexibility index (Phi) is 8.08. The summed E-state index contributed by atoms with van der Waals surface area (Å²) < 4.78 is 18.5. The van der Waals surface area contributed by atoms with E-state index in [0.717, 1.165) is 61.8 Å². The molecule has 0 heterocycles. The number of carbonyl (C=O) groups excluding carboxylic acids is 1. The number of ketones is 1. The number of ether oxygens (including phenoxy) is 3. The molecule has 2 aliphatic carbocycles. The first-order chi connectivity index (χ1) is 16.8. The number of hydrogen-bond acceptors (Lipinski definition) is 5. The van der Waals surface area contributed by atoms with Crippen molar-refractivity contribution in [3.05, 3.63) is 70.5 Å². The molecule has 2 aromatic carbocycles. The molecule has 0 amide bonds. The lowest BCUT2D eigenvalue weighted by Gasteiger charge is -2.38. The Labute approximate surface area is 214 Å². The molecule has 1 saturated carbocycles. The van der Waals surface area contributed by atoms with Gasteiger partial charge < -0.3 is 14.2 Å². The second-order valence-electron chi connectivity index (χ2n) is 10.1. The van der Waals surface area contributed by atoms with Crippen molar-refractivity contribution >= 4 is 28.8 Å². The molecule has 35 heavy (non-hydrogen) atoms. The highest BCUT2D eigenvalue weighted by Crippen LogP contribution is 2.55. The highest BCUT2D eigenvalue weighted by atomic mass is 32.1. The van der Waals surface area contributed by atoms with Crippen LogP contribution in [-0.4, -0.2) is 23.7 Å². The van der Waals surface area contributed by atoms with Crippen LogP contribution in [0.5, 0.6) is 5.75 Å². The van der Waals surface area contributed by atoms with Gasteiger partial charge in [0, 0.05) is 30.7 Å². The van der Waals surface area contributed by atoms with E-state index >= 15 is 0 Å². The number of Topliss-reactive ketones (excluding diaryl/α,β-unsaturated/α-hetero) is 1. The van der Waals surface area contributed by atoms with Crippen LogP contribution in [0.25, 0.3) is 5.57 Å². The monoisotopic (exact) mass is 492 g/mol. The number of benzene rings is 2. The van der Waals surface area contributed by atoms with Gasteiger partial charge in [-0.1, -0.05) is 49.2 Å². The molecule has 2 atom stereocenters. The number of allylic oxidation sites excluding steroid dienone is 2. The van der Waals surface area contributed by atoms with Gasteiger partial charge in [-0.3, -0.25) is 4.79 Å². The summed E-state index contributed by atoms with van der Waals surface area (Å²) in [7, 11) is 0. The summed E-state index contributed by atoms with van der Waals surface area (Å²) in [4.78, 5) is 13.7. The van der Waals surface area contributed by atoms with Gasteiger partial charge in [-0.05, 0) is 81.7 Å². The summed E-state index contributed by atoms with van der Waals surface area (Å²) in [5, 5.41) is 0.0224. The van der Waals surface area contributed by atoms with E-state index in [2.05, 4.69) is 39.8 Å². The average Bonchev–Trinajstić information content (AvgIpc) is 3.04. The molecule has 4 rings (SSSR count). The minimum atomic E-state index is -0.421.